The summed E-state index contributed by atoms with van der Waals surface area (Å²) in [6.45, 7) is 12.1. The Bertz CT molecular complexity index is 1180. The number of imidazole rings is 1. The van der Waals surface area contributed by atoms with Crippen LogP contribution in [0.2, 0.25) is 0 Å². The van der Waals surface area contributed by atoms with Gasteiger partial charge in [-0.1, -0.05) is 6.92 Å². The van der Waals surface area contributed by atoms with Crippen molar-refractivity contribution in [3.05, 3.63) is 72.8 Å². The van der Waals surface area contributed by atoms with E-state index in [1.165, 1.54) is 11.0 Å². The van der Waals surface area contributed by atoms with Crippen LogP contribution >= 0.6 is 0 Å². The van der Waals surface area contributed by atoms with Crippen molar-refractivity contribution in [2.45, 2.75) is 51.7 Å². The average Bonchev–Trinajstić information content (AvgIpc) is 3.35. The molecule has 1 aliphatic rings. The number of carbonyl (C=O) groups excluding carboxylic acids is 1. The number of aromatic nitrogens is 3. The summed E-state index contributed by atoms with van der Waals surface area (Å²) >= 11 is 0. The van der Waals surface area contributed by atoms with Crippen LogP contribution in [0, 0.1) is 32.7 Å². The molecule has 11 heteroatoms. The Labute approximate surface area is 220 Å². The van der Waals surface area contributed by atoms with E-state index in [4.69, 9.17) is 0 Å². The Kier molecular flexibility index (Phi) is 10.5. The molecule has 0 saturated heterocycles. The molecule has 0 unspecified atom stereocenters. The quantitative estimate of drug-likeness (QED) is 0.319. The third kappa shape index (κ3) is 7.54. The molecule has 0 saturated carbocycles. The van der Waals surface area contributed by atoms with Gasteiger partial charge in [-0.05, 0) is 26.2 Å². The van der Waals surface area contributed by atoms with Crippen molar-refractivity contribution in [1.29, 1.82) is 0 Å². The Morgan fingerprint density at radius 3 is 2.64 bits per heavy atom. The number of nitrogens with zero attached hydrogens (tertiary/aromatic N) is 4. The van der Waals surface area contributed by atoms with Crippen molar-refractivity contribution in [3.8, 4) is 0 Å². The van der Waals surface area contributed by atoms with Crippen LogP contribution in [0.1, 0.15) is 42.3 Å². The molecule has 36 heavy (non-hydrogen) atoms. The summed E-state index contributed by atoms with van der Waals surface area (Å²) in [5.74, 6) is -0.705. The molecule has 0 bridgehead atoms. The Balaban J connectivity index is 0.000000584. The summed E-state index contributed by atoms with van der Waals surface area (Å²) in [5, 5.41) is 2.99. The molecule has 4 heterocycles. The minimum Gasteiger partial charge on any atom is -0.373 e. The van der Waals surface area contributed by atoms with E-state index in [0.717, 1.165) is 18.3 Å². The van der Waals surface area contributed by atoms with Gasteiger partial charge in [0.05, 0.1) is 5.69 Å². The topological polar surface area (TPSA) is 62.5 Å². The molecule has 0 spiro atoms. The van der Waals surface area contributed by atoms with Crippen LogP contribution in [0.25, 0.3) is 5.65 Å². The van der Waals surface area contributed by atoms with E-state index < -0.39 is 17.7 Å². The molecule has 3 aromatic rings. The smallest absolute Gasteiger partial charge is 0.373 e. The van der Waals surface area contributed by atoms with Gasteiger partial charge in [0.25, 0.3) is 0 Å². The second-order valence-electron chi connectivity index (χ2n) is 8.38. The minimum absolute atomic E-state index is 0. The van der Waals surface area contributed by atoms with Crippen molar-refractivity contribution in [2.75, 3.05) is 18.0 Å². The summed E-state index contributed by atoms with van der Waals surface area (Å²) in [6, 6.07) is 5.07. The number of hydrogen-bond donors (Lipinski definition) is 1. The van der Waals surface area contributed by atoms with Gasteiger partial charge in [0.2, 0.25) is 5.91 Å². The molecular formula is C25H28F4LiN5O-2. The first-order valence-corrected chi connectivity index (χ1v) is 11.3. The number of alkyl halides is 3. The average molecular weight is 497 g/mol. The first-order valence-electron chi connectivity index (χ1n) is 11.3. The van der Waals surface area contributed by atoms with Crippen LogP contribution in [0.4, 0.5) is 23.4 Å². The van der Waals surface area contributed by atoms with Crippen LogP contribution in [0.15, 0.2) is 24.5 Å². The van der Waals surface area contributed by atoms with Crippen LogP contribution in [-0.4, -0.2) is 39.4 Å². The van der Waals surface area contributed by atoms with Gasteiger partial charge in [-0.15, -0.1) is 24.2 Å². The van der Waals surface area contributed by atoms with Crippen molar-refractivity contribution < 1.29 is 41.2 Å². The van der Waals surface area contributed by atoms with Gasteiger partial charge in [-0.3, -0.25) is 4.79 Å². The van der Waals surface area contributed by atoms with Gasteiger partial charge in [0.1, 0.15) is 11.5 Å². The first-order chi connectivity index (χ1) is 16.5. The second-order valence-corrected chi connectivity index (χ2v) is 8.38. The largest absolute Gasteiger partial charge is 1.00 e. The zero-order valence-electron chi connectivity index (χ0n) is 20.8. The number of aryl methyl sites for hydroxylation is 2. The Morgan fingerprint density at radius 1 is 1.31 bits per heavy atom. The molecule has 1 aliphatic heterocycles. The zero-order valence-corrected chi connectivity index (χ0v) is 20.8. The number of anilines is 1. The summed E-state index contributed by atoms with van der Waals surface area (Å²) < 4.78 is 54.7. The van der Waals surface area contributed by atoms with E-state index >= 15 is 0 Å². The van der Waals surface area contributed by atoms with E-state index in [-0.39, 0.29) is 43.6 Å². The first kappa shape index (κ1) is 29.8. The van der Waals surface area contributed by atoms with Crippen LogP contribution in [0.5, 0.6) is 0 Å². The fourth-order valence-electron chi connectivity index (χ4n) is 3.73. The van der Waals surface area contributed by atoms with E-state index in [0.29, 0.717) is 42.1 Å². The van der Waals surface area contributed by atoms with Crippen molar-refractivity contribution in [2.24, 2.45) is 0 Å². The number of nitrogens with one attached hydrogen (secondary N) is 1. The maximum Gasteiger partial charge on any atom is 1.00 e. The van der Waals surface area contributed by atoms with Crippen molar-refractivity contribution >= 4 is 17.4 Å². The fourth-order valence-corrected chi connectivity index (χ4v) is 3.73. The third-order valence-corrected chi connectivity index (χ3v) is 5.38. The molecule has 1 N–H and O–H groups in total. The molecule has 0 fully saturated rings. The van der Waals surface area contributed by atoms with E-state index in [1.54, 1.807) is 16.8 Å². The van der Waals surface area contributed by atoms with Crippen LogP contribution in [-0.2, 0) is 23.8 Å². The van der Waals surface area contributed by atoms with Gasteiger partial charge < -0.3 is 33.4 Å². The number of amides is 1. The van der Waals surface area contributed by atoms with Gasteiger partial charge in [0, 0.05) is 48.5 Å². The molecule has 190 valence electrons. The molecule has 4 rings (SSSR count). The maximum atomic E-state index is 14.2. The van der Waals surface area contributed by atoms with Gasteiger partial charge >= 0.3 is 25.0 Å². The Morgan fingerprint density at radius 2 is 2.03 bits per heavy atom. The normalized spacial score (nSPS) is 13.6. The predicted molar refractivity (Wildman–Crippen MR) is 125 cm³/mol. The SMILES string of the molecule is Cc1cn2cc(CCCC(=O)N3CCc4[c-]cc(C(F)(F)F)nc43)c(F)cc2n1.[CH2-]CN[C@H]([CH2-])C.[Li+]. The summed E-state index contributed by atoms with van der Waals surface area (Å²) in [4.78, 5) is 21.6. The Hall–Kier alpha value is -2.41. The van der Waals surface area contributed by atoms with Crippen molar-refractivity contribution in [3.63, 3.8) is 0 Å². The molecule has 0 aromatic carbocycles. The number of halogens is 4. The van der Waals surface area contributed by atoms with Crippen LogP contribution in [0.3, 0.4) is 0 Å². The van der Waals surface area contributed by atoms with Gasteiger partial charge in [-0.25, -0.2) is 9.37 Å². The molecule has 1 atom stereocenters. The number of hydrogen-bond acceptors (Lipinski definition) is 4. The summed E-state index contributed by atoms with van der Waals surface area (Å²) in [7, 11) is 0. The molecule has 6 nitrogen and oxygen atoms in total. The summed E-state index contributed by atoms with van der Waals surface area (Å²) in [5.41, 5.74) is 1.17. The molecule has 3 aromatic heterocycles. The third-order valence-electron chi connectivity index (χ3n) is 5.38. The molecule has 1 amide bonds. The number of fused-ring (bicyclic) bond motifs is 2. The second kappa shape index (κ2) is 12.7. The standard InChI is InChI=1S/C20H17F4N4O.C5H11N.Li/c1-12-10-27-11-14(15(21)9-17(27)25-12)3-2-4-18(29)28-8-7-13-5-6-16(20(22,23)24)26-19(13)28;1-4-6-5(2)3;/h6,9-11H,2-4,7-8H2,1H3;5-6H,1-2,4H2,3H3;/q-1;-2;+1/t;5-;/m.1./s1. The number of rotatable bonds is 6. The molecule has 0 aliphatic carbocycles. The predicted octanol–water partition coefficient (Wildman–Crippen LogP) is 1.54. The maximum absolute atomic E-state index is 14.2. The fraction of sp³-hybridized carbons (Fsp3) is 0.400. The summed E-state index contributed by atoms with van der Waals surface area (Å²) in [6.07, 6.45) is 0.0222. The number of carbonyl (C=O) groups is 1. The number of pyridine rings is 2. The van der Waals surface area contributed by atoms with Crippen molar-refractivity contribution in [1.82, 2.24) is 19.7 Å². The van der Waals surface area contributed by atoms with E-state index in [1.807, 2.05) is 13.8 Å². The van der Waals surface area contributed by atoms with E-state index in [2.05, 4.69) is 35.2 Å². The van der Waals surface area contributed by atoms with E-state index in [9.17, 15) is 22.4 Å². The van der Waals surface area contributed by atoms with Gasteiger partial charge in [0.15, 0.2) is 0 Å². The zero-order chi connectivity index (χ0) is 25.8. The molecule has 0 radical (unpaired) electrons. The molecular weight excluding hydrogens is 469 g/mol. The monoisotopic (exact) mass is 497 g/mol. The van der Waals surface area contributed by atoms with Gasteiger partial charge in [-0.2, -0.15) is 19.2 Å². The van der Waals surface area contributed by atoms with Crippen LogP contribution < -0.4 is 29.1 Å². The minimum atomic E-state index is -4.59.